The van der Waals surface area contributed by atoms with Crippen molar-refractivity contribution in [1.29, 1.82) is 0 Å². The number of rotatable bonds is 6. The molecule has 0 aliphatic heterocycles. The molecule has 1 unspecified atom stereocenters. The Hall–Kier alpha value is -0.0800. The zero-order valence-electron chi connectivity index (χ0n) is 10.9. The highest BCUT2D eigenvalue weighted by Crippen LogP contribution is 2.03. The molecule has 0 rings (SSSR count). The van der Waals surface area contributed by atoms with E-state index in [0.717, 1.165) is 13.1 Å². The van der Waals surface area contributed by atoms with Crippen molar-refractivity contribution in [2.75, 3.05) is 19.6 Å². The number of hydrogen-bond donors (Lipinski definition) is 1. The first-order valence-corrected chi connectivity index (χ1v) is 5.89. The van der Waals surface area contributed by atoms with Crippen LogP contribution < -0.4 is 5.32 Å². The van der Waals surface area contributed by atoms with E-state index >= 15 is 0 Å². The molecule has 0 amide bonds. The predicted octanol–water partition coefficient (Wildman–Crippen LogP) is 2.49. The van der Waals surface area contributed by atoms with Crippen LogP contribution in [-0.2, 0) is 0 Å². The first kappa shape index (κ1) is 13.9. The van der Waals surface area contributed by atoms with Gasteiger partial charge in [-0.05, 0) is 47.2 Å². The summed E-state index contributed by atoms with van der Waals surface area (Å²) in [5, 5.41) is 3.55. The van der Waals surface area contributed by atoms with E-state index in [1.807, 2.05) is 0 Å². The Morgan fingerprint density at radius 3 is 2.14 bits per heavy atom. The van der Waals surface area contributed by atoms with Crippen LogP contribution >= 0.6 is 0 Å². The highest BCUT2D eigenvalue weighted by molar-refractivity contribution is 4.75. The summed E-state index contributed by atoms with van der Waals surface area (Å²) >= 11 is 0. The Kier molecular flexibility index (Phi) is 6.38. The van der Waals surface area contributed by atoms with Crippen molar-refractivity contribution in [1.82, 2.24) is 10.2 Å². The third kappa shape index (κ3) is 6.39. The topological polar surface area (TPSA) is 15.3 Å². The lowest BCUT2D eigenvalue weighted by Crippen LogP contribution is -2.46. The van der Waals surface area contributed by atoms with E-state index in [9.17, 15) is 0 Å². The third-order valence-corrected chi connectivity index (χ3v) is 2.47. The lowest BCUT2D eigenvalue weighted by atomic mass is 10.1. The van der Waals surface area contributed by atoms with E-state index in [-0.39, 0.29) is 5.54 Å². The first-order valence-electron chi connectivity index (χ1n) is 5.89. The van der Waals surface area contributed by atoms with Crippen LogP contribution in [0.15, 0.2) is 0 Å². The Bertz CT molecular complexity index is 138. The van der Waals surface area contributed by atoms with Crippen molar-refractivity contribution >= 4 is 0 Å². The molecular formula is C12H28N2. The molecule has 0 heterocycles. The van der Waals surface area contributed by atoms with Crippen LogP contribution in [0.1, 0.15) is 48.0 Å². The molecule has 0 saturated heterocycles. The van der Waals surface area contributed by atoms with Crippen molar-refractivity contribution in [2.24, 2.45) is 0 Å². The minimum absolute atomic E-state index is 0.236. The monoisotopic (exact) mass is 200 g/mol. The maximum atomic E-state index is 3.55. The van der Waals surface area contributed by atoms with Gasteiger partial charge in [0.2, 0.25) is 0 Å². The smallest absolute Gasteiger partial charge is 0.0192 e. The molecule has 0 aromatic heterocycles. The molecule has 0 aliphatic carbocycles. The summed E-state index contributed by atoms with van der Waals surface area (Å²) in [5.41, 5.74) is 0.236. The normalized spacial score (nSPS) is 14.8. The zero-order chi connectivity index (χ0) is 11.2. The lowest BCUT2D eigenvalue weighted by Gasteiger charge is -2.30. The fraction of sp³-hybridized carbons (Fsp3) is 1.00. The van der Waals surface area contributed by atoms with Crippen molar-refractivity contribution in [3.05, 3.63) is 0 Å². The number of likely N-dealkylation sites (N-methyl/N-ethyl adjacent to an activating group) is 1. The predicted molar refractivity (Wildman–Crippen MR) is 64.8 cm³/mol. The van der Waals surface area contributed by atoms with E-state index in [0.29, 0.717) is 6.04 Å². The summed E-state index contributed by atoms with van der Waals surface area (Å²) in [6, 6.07) is 0.638. The summed E-state index contributed by atoms with van der Waals surface area (Å²) < 4.78 is 0. The third-order valence-electron chi connectivity index (χ3n) is 2.47. The SMILES string of the molecule is CCCN(CC)C(C)CNC(C)(C)C. The van der Waals surface area contributed by atoms with Crippen LogP contribution in [0, 0.1) is 0 Å². The van der Waals surface area contributed by atoms with Gasteiger partial charge in [-0.2, -0.15) is 0 Å². The van der Waals surface area contributed by atoms with Gasteiger partial charge in [0.1, 0.15) is 0 Å². The highest BCUT2D eigenvalue weighted by atomic mass is 15.2. The molecule has 0 bridgehead atoms. The van der Waals surface area contributed by atoms with E-state index in [2.05, 4.69) is 51.8 Å². The molecule has 2 heteroatoms. The van der Waals surface area contributed by atoms with Crippen molar-refractivity contribution < 1.29 is 0 Å². The van der Waals surface area contributed by atoms with E-state index in [1.165, 1.54) is 13.0 Å². The maximum absolute atomic E-state index is 3.55. The molecule has 1 N–H and O–H groups in total. The van der Waals surface area contributed by atoms with Crippen LogP contribution in [-0.4, -0.2) is 36.1 Å². The minimum atomic E-state index is 0.236. The van der Waals surface area contributed by atoms with Gasteiger partial charge in [-0.15, -0.1) is 0 Å². The maximum Gasteiger partial charge on any atom is 0.0192 e. The van der Waals surface area contributed by atoms with Gasteiger partial charge in [0.15, 0.2) is 0 Å². The fourth-order valence-electron chi connectivity index (χ4n) is 1.56. The molecular weight excluding hydrogens is 172 g/mol. The Morgan fingerprint density at radius 1 is 1.21 bits per heavy atom. The molecule has 14 heavy (non-hydrogen) atoms. The van der Waals surface area contributed by atoms with Gasteiger partial charge in [-0.25, -0.2) is 0 Å². The standard InChI is InChI=1S/C12H28N2/c1-7-9-14(8-2)11(3)10-13-12(4,5)6/h11,13H,7-10H2,1-6H3. The zero-order valence-corrected chi connectivity index (χ0v) is 10.9. The van der Waals surface area contributed by atoms with Crippen LogP contribution in [0.25, 0.3) is 0 Å². The Balaban J connectivity index is 3.85. The molecule has 0 aliphatic rings. The Labute approximate surface area is 90.1 Å². The molecule has 0 fully saturated rings. The van der Waals surface area contributed by atoms with Gasteiger partial charge in [-0.1, -0.05) is 13.8 Å². The highest BCUT2D eigenvalue weighted by Gasteiger charge is 2.14. The first-order chi connectivity index (χ1) is 6.40. The van der Waals surface area contributed by atoms with E-state index < -0.39 is 0 Å². The molecule has 0 saturated carbocycles. The number of hydrogen-bond acceptors (Lipinski definition) is 2. The summed E-state index contributed by atoms with van der Waals surface area (Å²) in [4.78, 5) is 2.53. The van der Waals surface area contributed by atoms with Crippen molar-refractivity contribution in [3.63, 3.8) is 0 Å². The molecule has 0 radical (unpaired) electrons. The summed E-state index contributed by atoms with van der Waals surface area (Å²) in [6.07, 6.45) is 1.24. The van der Waals surface area contributed by atoms with Gasteiger partial charge < -0.3 is 5.32 Å². The molecule has 0 aromatic rings. The van der Waals surface area contributed by atoms with Gasteiger partial charge >= 0.3 is 0 Å². The second kappa shape index (κ2) is 6.41. The minimum Gasteiger partial charge on any atom is -0.311 e. The second-order valence-electron chi connectivity index (χ2n) is 5.11. The average molecular weight is 200 g/mol. The van der Waals surface area contributed by atoms with Crippen LogP contribution in [0.5, 0.6) is 0 Å². The van der Waals surface area contributed by atoms with Crippen molar-refractivity contribution in [2.45, 2.75) is 59.5 Å². The van der Waals surface area contributed by atoms with Gasteiger partial charge in [-0.3, -0.25) is 4.90 Å². The quantitative estimate of drug-likeness (QED) is 0.708. The molecule has 2 nitrogen and oxygen atoms in total. The summed E-state index contributed by atoms with van der Waals surface area (Å²) in [6.45, 7) is 16.9. The lowest BCUT2D eigenvalue weighted by molar-refractivity contribution is 0.204. The van der Waals surface area contributed by atoms with Gasteiger partial charge in [0.25, 0.3) is 0 Å². The van der Waals surface area contributed by atoms with Crippen LogP contribution in [0.3, 0.4) is 0 Å². The number of nitrogens with zero attached hydrogens (tertiary/aromatic N) is 1. The van der Waals surface area contributed by atoms with Crippen LogP contribution in [0.2, 0.25) is 0 Å². The van der Waals surface area contributed by atoms with Crippen LogP contribution in [0.4, 0.5) is 0 Å². The average Bonchev–Trinajstić information content (AvgIpc) is 2.09. The molecule has 86 valence electrons. The summed E-state index contributed by atoms with van der Waals surface area (Å²) in [5.74, 6) is 0. The molecule has 1 atom stereocenters. The van der Waals surface area contributed by atoms with E-state index in [4.69, 9.17) is 0 Å². The second-order valence-corrected chi connectivity index (χ2v) is 5.11. The summed E-state index contributed by atoms with van der Waals surface area (Å²) in [7, 11) is 0. The molecule has 0 aromatic carbocycles. The fourth-order valence-corrected chi connectivity index (χ4v) is 1.56. The van der Waals surface area contributed by atoms with Crippen molar-refractivity contribution in [3.8, 4) is 0 Å². The van der Waals surface area contributed by atoms with Gasteiger partial charge in [0.05, 0.1) is 0 Å². The molecule has 0 spiro atoms. The number of nitrogens with one attached hydrogen (secondary N) is 1. The largest absolute Gasteiger partial charge is 0.311 e. The van der Waals surface area contributed by atoms with E-state index in [1.54, 1.807) is 0 Å². The Morgan fingerprint density at radius 2 is 1.79 bits per heavy atom. The van der Waals surface area contributed by atoms with Gasteiger partial charge in [0, 0.05) is 18.1 Å².